The first-order chi connectivity index (χ1) is 8.31. The lowest BCUT2D eigenvalue weighted by molar-refractivity contribution is 0.141. The summed E-state index contributed by atoms with van der Waals surface area (Å²) in [5.41, 5.74) is 1.18. The quantitative estimate of drug-likeness (QED) is 0.832. The summed E-state index contributed by atoms with van der Waals surface area (Å²) in [6, 6.07) is 0. The molecule has 4 heteroatoms. The maximum atomic E-state index is 9.81. The van der Waals surface area contributed by atoms with Crippen LogP contribution in [-0.4, -0.2) is 20.6 Å². The number of nitrogens with zero attached hydrogens (tertiary/aromatic N) is 2. The first kappa shape index (κ1) is 11.2. The fraction of sp³-hybridized carbons (Fsp3) is 0.615. The third-order valence-electron chi connectivity index (χ3n) is 3.65. The average Bonchev–Trinajstić information content (AvgIpc) is 2.78. The molecular weight excluding hydrogens is 232 g/mol. The lowest BCUT2D eigenvalue weighted by Gasteiger charge is -2.14. The van der Waals surface area contributed by atoms with E-state index in [1.807, 2.05) is 0 Å². The summed E-state index contributed by atoms with van der Waals surface area (Å²) in [6.07, 6.45) is 10.7. The van der Waals surface area contributed by atoms with Gasteiger partial charge in [0.25, 0.3) is 0 Å². The number of thiazole rings is 1. The van der Waals surface area contributed by atoms with Crippen LogP contribution >= 0.6 is 11.3 Å². The van der Waals surface area contributed by atoms with Gasteiger partial charge in [0.15, 0.2) is 4.96 Å². The smallest absolute Gasteiger partial charge is 0.193 e. The summed E-state index contributed by atoms with van der Waals surface area (Å²) in [6.45, 7) is 0. The van der Waals surface area contributed by atoms with Crippen molar-refractivity contribution in [3.63, 3.8) is 0 Å². The van der Waals surface area contributed by atoms with E-state index < -0.39 is 0 Å². The van der Waals surface area contributed by atoms with Crippen LogP contribution in [0.2, 0.25) is 0 Å². The monoisotopic (exact) mass is 250 g/mol. The third kappa shape index (κ3) is 2.53. The van der Waals surface area contributed by atoms with Crippen LogP contribution in [0.25, 0.3) is 4.96 Å². The summed E-state index contributed by atoms with van der Waals surface area (Å²) in [7, 11) is 0. The fourth-order valence-electron chi connectivity index (χ4n) is 2.79. The number of hydrogen-bond donors (Lipinski definition) is 1. The number of aliphatic hydroxyl groups excluding tert-OH is 1. The summed E-state index contributed by atoms with van der Waals surface area (Å²) in [5.74, 6) is 0.608. The van der Waals surface area contributed by atoms with Gasteiger partial charge in [-0.15, -0.1) is 11.3 Å². The van der Waals surface area contributed by atoms with Gasteiger partial charge in [0.2, 0.25) is 0 Å². The first-order valence-corrected chi connectivity index (χ1v) is 7.28. The highest BCUT2D eigenvalue weighted by molar-refractivity contribution is 7.15. The van der Waals surface area contributed by atoms with E-state index in [-0.39, 0.29) is 6.10 Å². The predicted molar refractivity (Wildman–Crippen MR) is 69.4 cm³/mol. The van der Waals surface area contributed by atoms with Crippen LogP contribution in [0.5, 0.6) is 0 Å². The van der Waals surface area contributed by atoms with E-state index in [4.69, 9.17) is 0 Å². The molecule has 3 rings (SSSR count). The Kier molecular flexibility index (Phi) is 3.16. The molecule has 2 atom stereocenters. The van der Waals surface area contributed by atoms with Crippen LogP contribution in [0, 0.1) is 5.92 Å². The zero-order valence-corrected chi connectivity index (χ0v) is 10.7. The molecule has 1 saturated carbocycles. The molecule has 2 heterocycles. The van der Waals surface area contributed by atoms with Gasteiger partial charge < -0.3 is 5.11 Å². The molecule has 0 radical (unpaired) electrons. The van der Waals surface area contributed by atoms with E-state index in [0.29, 0.717) is 5.92 Å². The Morgan fingerprint density at radius 1 is 1.41 bits per heavy atom. The van der Waals surface area contributed by atoms with Gasteiger partial charge in [0.05, 0.1) is 11.8 Å². The highest BCUT2D eigenvalue weighted by atomic mass is 32.1. The molecule has 92 valence electrons. The van der Waals surface area contributed by atoms with Crippen LogP contribution in [0.4, 0.5) is 0 Å². The number of imidazole rings is 1. The molecule has 3 nitrogen and oxygen atoms in total. The van der Waals surface area contributed by atoms with Crippen LogP contribution in [-0.2, 0) is 6.42 Å². The van der Waals surface area contributed by atoms with Crippen molar-refractivity contribution in [2.24, 2.45) is 5.92 Å². The molecule has 0 aliphatic heterocycles. The van der Waals surface area contributed by atoms with Crippen LogP contribution in [0.3, 0.4) is 0 Å². The number of hydrogen-bond acceptors (Lipinski definition) is 3. The summed E-state index contributed by atoms with van der Waals surface area (Å²) >= 11 is 1.68. The average molecular weight is 250 g/mol. The van der Waals surface area contributed by atoms with E-state index in [2.05, 4.69) is 27.2 Å². The van der Waals surface area contributed by atoms with Gasteiger partial charge in [-0.25, -0.2) is 4.98 Å². The summed E-state index contributed by atoms with van der Waals surface area (Å²) in [4.78, 5) is 5.70. The molecule has 0 spiro atoms. The Morgan fingerprint density at radius 3 is 3.18 bits per heavy atom. The molecule has 2 aromatic rings. The summed E-state index contributed by atoms with van der Waals surface area (Å²) < 4.78 is 2.09. The molecule has 1 fully saturated rings. The molecular formula is C13H18N2OS. The van der Waals surface area contributed by atoms with Gasteiger partial charge in [-0.1, -0.05) is 12.8 Å². The van der Waals surface area contributed by atoms with E-state index in [0.717, 1.165) is 24.2 Å². The minimum atomic E-state index is -0.0915. The van der Waals surface area contributed by atoms with Gasteiger partial charge in [-0.2, -0.15) is 0 Å². The van der Waals surface area contributed by atoms with Gasteiger partial charge in [0.1, 0.15) is 0 Å². The largest absolute Gasteiger partial charge is 0.393 e. The van der Waals surface area contributed by atoms with Crippen LogP contribution < -0.4 is 0 Å². The standard InChI is InChI=1S/C13H18N2OS/c16-12-4-2-1-3-10(8-12)7-11-9-15-5-6-17-13(15)14-11/h5-6,9-10,12,16H,1-4,7-8H2. The first-order valence-electron chi connectivity index (χ1n) is 6.40. The van der Waals surface area contributed by atoms with Gasteiger partial charge >= 0.3 is 0 Å². The predicted octanol–water partition coefficient (Wildman–Crippen LogP) is 2.88. The zero-order valence-electron chi connectivity index (χ0n) is 9.88. The van der Waals surface area contributed by atoms with E-state index in [9.17, 15) is 5.11 Å². The Morgan fingerprint density at radius 2 is 2.29 bits per heavy atom. The highest BCUT2D eigenvalue weighted by Crippen LogP contribution is 2.26. The Hall–Kier alpha value is -0.870. The van der Waals surface area contributed by atoms with Crippen molar-refractivity contribution < 1.29 is 5.11 Å². The van der Waals surface area contributed by atoms with E-state index in [1.165, 1.54) is 25.0 Å². The molecule has 0 amide bonds. The second kappa shape index (κ2) is 4.78. The van der Waals surface area contributed by atoms with Crippen molar-refractivity contribution in [2.75, 3.05) is 0 Å². The zero-order chi connectivity index (χ0) is 11.7. The van der Waals surface area contributed by atoms with E-state index in [1.54, 1.807) is 11.3 Å². The second-order valence-electron chi connectivity index (χ2n) is 5.07. The third-order valence-corrected chi connectivity index (χ3v) is 4.42. The molecule has 1 N–H and O–H groups in total. The minimum Gasteiger partial charge on any atom is -0.393 e. The van der Waals surface area contributed by atoms with Crippen molar-refractivity contribution in [1.29, 1.82) is 0 Å². The van der Waals surface area contributed by atoms with Crippen LogP contribution in [0.15, 0.2) is 17.8 Å². The van der Waals surface area contributed by atoms with Crippen molar-refractivity contribution in [3.8, 4) is 0 Å². The van der Waals surface area contributed by atoms with Crippen LogP contribution in [0.1, 0.15) is 37.8 Å². The molecule has 17 heavy (non-hydrogen) atoms. The Bertz CT molecular complexity index is 462. The second-order valence-corrected chi connectivity index (χ2v) is 5.94. The molecule has 2 aromatic heterocycles. The molecule has 0 saturated heterocycles. The summed E-state index contributed by atoms with van der Waals surface area (Å²) in [5, 5.41) is 11.9. The fourth-order valence-corrected chi connectivity index (χ4v) is 3.51. The van der Waals surface area contributed by atoms with Gasteiger partial charge in [0, 0.05) is 17.8 Å². The topological polar surface area (TPSA) is 37.5 Å². The lowest BCUT2D eigenvalue weighted by Crippen LogP contribution is -2.12. The number of fused-ring (bicyclic) bond motifs is 1. The number of rotatable bonds is 2. The van der Waals surface area contributed by atoms with E-state index >= 15 is 0 Å². The maximum Gasteiger partial charge on any atom is 0.193 e. The number of aromatic nitrogens is 2. The highest BCUT2D eigenvalue weighted by Gasteiger charge is 2.19. The molecule has 2 unspecified atom stereocenters. The van der Waals surface area contributed by atoms with Gasteiger partial charge in [-0.05, 0) is 31.6 Å². The van der Waals surface area contributed by atoms with Crippen molar-refractivity contribution in [3.05, 3.63) is 23.5 Å². The molecule has 1 aliphatic carbocycles. The minimum absolute atomic E-state index is 0.0915. The molecule has 1 aliphatic rings. The maximum absolute atomic E-state index is 9.81. The molecule has 0 aromatic carbocycles. The molecule has 0 bridgehead atoms. The SMILES string of the molecule is OC1CCCCC(Cc2cn3ccsc3n2)C1. The number of aliphatic hydroxyl groups is 1. The Balaban J connectivity index is 1.71. The lowest BCUT2D eigenvalue weighted by atomic mass is 9.94. The van der Waals surface area contributed by atoms with Crippen molar-refractivity contribution in [2.45, 2.75) is 44.6 Å². The Labute approximate surface area is 105 Å². The van der Waals surface area contributed by atoms with Gasteiger partial charge in [-0.3, -0.25) is 4.40 Å². The normalized spacial score (nSPS) is 26.2. The van der Waals surface area contributed by atoms with Crippen molar-refractivity contribution >= 4 is 16.3 Å². The van der Waals surface area contributed by atoms with Crippen molar-refractivity contribution in [1.82, 2.24) is 9.38 Å².